The van der Waals surface area contributed by atoms with Crippen LogP contribution in [0.2, 0.25) is 0 Å². The van der Waals surface area contributed by atoms with Gasteiger partial charge in [-0.05, 0) is 18.6 Å². The third-order valence-electron chi connectivity index (χ3n) is 3.25. The number of nitrogens with zero attached hydrogens (tertiary/aromatic N) is 2. The average Bonchev–Trinajstić information content (AvgIpc) is 2.98. The van der Waals surface area contributed by atoms with Crippen molar-refractivity contribution >= 4 is 17.5 Å². The standard InChI is InChI=1S/C14H14N2OS/c1-10(17)11-6-15-16(7-11)8-12-9-18-14-5-3-2-4-13(12)14/h2-7,12H,8-9H2,1H3. The molecule has 0 fully saturated rings. The van der Waals surface area contributed by atoms with Gasteiger partial charge in [0.15, 0.2) is 5.78 Å². The Morgan fingerprint density at radius 1 is 1.50 bits per heavy atom. The second kappa shape index (κ2) is 4.61. The predicted molar refractivity (Wildman–Crippen MR) is 72.1 cm³/mol. The molecule has 1 atom stereocenters. The van der Waals surface area contributed by atoms with Crippen LogP contribution < -0.4 is 0 Å². The lowest BCUT2D eigenvalue weighted by Crippen LogP contribution is -2.09. The van der Waals surface area contributed by atoms with Crippen molar-refractivity contribution in [2.24, 2.45) is 0 Å². The number of fused-ring (bicyclic) bond motifs is 1. The summed E-state index contributed by atoms with van der Waals surface area (Å²) in [6, 6.07) is 8.53. The summed E-state index contributed by atoms with van der Waals surface area (Å²) < 4.78 is 1.88. The number of Topliss-reactive ketones (excluding diaryl/α,β-unsaturated/α-hetero) is 1. The van der Waals surface area contributed by atoms with Crippen molar-refractivity contribution in [1.82, 2.24) is 9.78 Å². The number of aromatic nitrogens is 2. The Morgan fingerprint density at radius 2 is 2.33 bits per heavy atom. The molecule has 1 unspecified atom stereocenters. The number of ketones is 1. The van der Waals surface area contributed by atoms with E-state index in [2.05, 4.69) is 29.4 Å². The van der Waals surface area contributed by atoms with Crippen molar-refractivity contribution in [3.05, 3.63) is 47.8 Å². The molecule has 0 saturated heterocycles. The molecular formula is C14H14N2OS. The molecule has 0 bridgehead atoms. The SMILES string of the molecule is CC(=O)c1cnn(CC2CSc3ccccc32)c1. The molecule has 3 rings (SSSR count). The first-order valence-electron chi connectivity index (χ1n) is 5.99. The molecule has 4 heteroatoms. The third-order valence-corrected chi connectivity index (χ3v) is 4.50. The van der Waals surface area contributed by atoms with Crippen LogP contribution in [0, 0.1) is 0 Å². The minimum atomic E-state index is 0.0717. The number of rotatable bonds is 3. The van der Waals surface area contributed by atoms with Gasteiger partial charge in [0.25, 0.3) is 0 Å². The van der Waals surface area contributed by atoms with Gasteiger partial charge in [-0.1, -0.05) is 18.2 Å². The van der Waals surface area contributed by atoms with Gasteiger partial charge < -0.3 is 0 Å². The van der Waals surface area contributed by atoms with E-state index in [1.807, 2.05) is 22.6 Å². The van der Waals surface area contributed by atoms with Crippen molar-refractivity contribution in [2.45, 2.75) is 24.3 Å². The number of benzene rings is 1. The van der Waals surface area contributed by atoms with Crippen LogP contribution in [-0.4, -0.2) is 21.3 Å². The van der Waals surface area contributed by atoms with Crippen LogP contribution in [0.5, 0.6) is 0 Å². The highest BCUT2D eigenvalue weighted by molar-refractivity contribution is 7.99. The molecule has 3 nitrogen and oxygen atoms in total. The van der Waals surface area contributed by atoms with Crippen molar-refractivity contribution < 1.29 is 4.79 Å². The van der Waals surface area contributed by atoms with E-state index in [1.165, 1.54) is 10.5 Å². The second-order valence-corrected chi connectivity index (χ2v) is 5.61. The van der Waals surface area contributed by atoms with E-state index < -0.39 is 0 Å². The normalized spacial score (nSPS) is 17.7. The molecule has 18 heavy (non-hydrogen) atoms. The van der Waals surface area contributed by atoms with E-state index in [1.54, 1.807) is 13.1 Å². The Hall–Kier alpha value is -1.55. The van der Waals surface area contributed by atoms with Gasteiger partial charge >= 0.3 is 0 Å². The molecule has 0 spiro atoms. The lowest BCUT2D eigenvalue weighted by atomic mass is 10.0. The van der Waals surface area contributed by atoms with Crippen molar-refractivity contribution in [3.8, 4) is 0 Å². The Balaban J connectivity index is 1.80. The number of carbonyl (C=O) groups excluding carboxylic acids is 1. The fraction of sp³-hybridized carbons (Fsp3) is 0.286. The van der Waals surface area contributed by atoms with Crippen LogP contribution in [0.3, 0.4) is 0 Å². The third kappa shape index (κ3) is 2.08. The van der Waals surface area contributed by atoms with Crippen LogP contribution in [0.15, 0.2) is 41.6 Å². The second-order valence-electron chi connectivity index (χ2n) is 4.55. The highest BCUT2D eigenvalue weighted by Gasteiger charge is 2.23. The highest BCUT2D eigenvalue weighted by Crippen LogP contribution is 2.39. The molecule has 0 saturated carbocycles. The molecule has 0 N–H and O–H groups in total. The van der Waals surface area contributed by atoms with Gasteiger partial charge in [-0.3, -0.25) is 9.48 Å². The summed E-state index contributed by atoms with van der Waals surface area (Å²) >= 11 is 1.90. The van der Waals surface area contributed by atoms with Crippen molar-refractivity contribution in [1.29, 1.82) is 0 Å². The smallest absolute Gasteiger partial charge is 0.162 e. The summed E-state index contributed by atoms with van der Waals surface area (Å²) in [6.07, 6.45) is 3.49. The van der Waals surface area contributed by atoms with Gasteiger partial charge in [-0.2, -0.15) is 5.10 Å². The summed E-state index contributed by atoms with van der Waals surface area (Å²) in [5, 5.41) is 4.26. The Morgan fingerprint density at radius 3 is 3.11 bits per heavy atom. The summed E-state index contributed by atoms with van der Waals surface area (Å²) in [4.78, 5) is 12.6. The number of thioether (sulfide) groups is 1. The first-order chi connectivity index (χ1) is 8.74. The fourth-order valence-corrected chi connectivity index (χ4v) is 3.49. The fourth-order valence-electron chi connectivity index (χ4n) is 2.25. The lowest BCUT2D eigenvalue weighted by Gasteiger charge is -2.10. The zero-order valence-corrected chi connectivity index (χ0v) is 11.0. The summed E-state index contributed by atoms with van der Waals surface area (Å²) in [6.45, 7) is 2.42. The van der Waals surface area contributed by atoms with Gasteiger partial charge in [0.05, 0.1) is 11.8 Å². The van der Waals surface area contributed by atoms with Gasteiger partial charge in [-0.15, -0.1) is 11.8 Å². The van der Waals surface area contributed by atoms with Crippen LogP contribution in [0.1, 0.15) is 28.8 Å². The molecule has 2 aromatic rings. The first-order valence-corrected chi connectivity index (χ1v) is 6.98. The van der Waals surface area contributed by atoms with Crippen LogP contribution in [-0.2, 0) is 6.54 Å². The zero-order valence-electron chi connectivity index (χ0n) is 10.2. The number of carbonyl (C=O) groups is 1. The van der Waals surface area contributed by atoms with Crippen molar-refractivity contribution in [2.75, 3.05) is 5.75 Å². The maximum atomic E-state index is 11.2. The molecule has 1 aromatic carbocycles. The minimum absolute atomic E-state index is 0.0717. The van der Waals surface area contributed by atoms with E-state index in [4.69, 9.17) is 0 Å². The monoisotopic (exact) mass is 258 g/mol. The van der Waals surface area contributed by atoms with Crippen LogP contribution in [0.4, 0.5) is 0 Å². The summed E-state index contributed by atoms with van der Waals surface area (Å²) in [5.41, 5.74) is 2.09. The predicted octanol–water partition coefficient (Wildman–Crippen LogP) is 2.98. The number of hydrogen-bond acceptors (Lipinski definition) is 3. The molecule has 2 heterocycles. The minimum Gasteiger partial charge on any atom is -0.294 e. The maximum absolute atomic E-state index is 11.2. The van der Waals surface area contributed by atoms with E-state index >= 15 is 0 Å². The Kier molecular flexibility index (Phi) is 2.96. The molecule has 0 radical (unpaired) electrons. The largest absolute Gasteiger partial charge is 0.294 e. The average molecular weight is 258 g/mol. The molecule has 92 valence electrons. The topological polar surface area (TPSA) is 34.9 Å². The van der Waals surface area contributed by atoms with Gasteiger partial charge in [-0.25, -0.2) is 0 Å². The van der Waals surface area contributed by atoms with Crippen LogP contribution in [0.25, 0.3) is 0 Å². The lowest BCUT2D eigenvalue weighted by molar-refractivity contribution is 0.101. The Bertz CT molecular complexity index is 591. The number of hydrogen-bond donors (Lipinski definition) is 0. The summed E-state index contributed by atoms with van der Waals surface area (Å²) in [5.74, 6) is 1.66. The van der Waals surface area contributed by atoms with Crippen LogP contribution >= 0.6 is 11.8 Å². The highest BCUT2D eigenvalue weighted by atomic mass is 32.2. The molecular weight excluding hydrogens is 244 g/mol. The molecule has 0 aliphatic carbocycles. The molecule has 1 aliphatic heterocycles. The Labute approximate surface area is 110 Å². The van der Waals surface area contributed by atoms with Gasteiger partial charge in [0.1, 0.15) is 0 Å². The molecule has 1 aromatic heterocycles. The van der Waals surface area contributed by atoms with Gasteiger partial charge in [0, 0.05) is 29.3 Å². The van der Waals surface area contributed by atoms with E-state index in [-0.39, 0.29) is 5.78 Å². The van der Waals surface area contributed by atoms with Crippen molar-refractivity contribution in [3.63, 3.8) is 0 Å². The van der Waals surface area contributed by atoms with E-state index in [0.29, 0.717) is 11.5 Å². The quantitative estimate of drug-likeness (QED) is 0.794. The van der Waals surface area contributed by atoms with Gasteiger partial charge in [0.2, 0.25) is 0 Å². The first kappa shape index (κ1) is 11.5. The molecule has 0 amide bonds. The van der Waals surface area contributed by atoms with E-state index in [0.717, 1.165) is 12.3 Å². The maximum Gasteiger partial charge on any atom is 0.162 e. The zero-order chi connectivity index (χ0) is 12.5. The summed E-state index contributed by atoms with van der Waals surface area (Å²) in [7, 11) is 0. The van der Waals surface area contributed by atoms with E-state index in [9.17, 15) is 4.79 Å². The molecule has 1 aliphatic rings.